The van der Waals surface area contributed by atoms with Gasteiger partial charge in [-0.3, -0.25) is 4.57 Å². The van der Waals surface area contributed by atoms with Gasteiger partial charge in [0, 0.05) is 24.7 Å². The summed E-state index contributed by atoms with van der Waals surface area (Å²) in [5.74, 6) is 1.64. The van der Waals surface area contributed by atoms with Crippen molar-refractivity contribution < 1.29 is 5.11 Å². The predicted molar refractivity (Wildman–Crippen MR) is 85.4 cm³/mol. The molecule has 3 heterocycles. The number of aromatic nitrogens is 3. The molecule has 0 bridgehead atoms. The highest BCUT2D eigenvalue weighted by Crippen LogP contribution is 2.29. The van der Waals surface area contributed by atoms with Crippen molar-refractivity contribution in [3.63, 3.8) is 0 Å². The van der Waals surface area contributed by atoms with Gasteiger partial charge in [0.15, 0.2) is 5.65 Å². The lowest BCUT2D eigenvalue weighted by Gasteiger charge is -2.23. The Labute approximate surface area is 128 Å². The Kier molecular flexibility index (Phi) is 3.27. The number of benzene rings is 1. The van der Waals surface area contributed by atoms with E-state index in [2.05, 4.69) is 14.9 Å². The van der Waals surface area contributed by atoms with E-state index in [0.717, 1.165) is 48.6 Å². The second kappa shape index (κ2) is 5.42. The van der Waals surface area contributed by atoms with Gasteiger partial charge in [-0.15, -0.1) is 0 Å². The molecule has 1 unspecified atom stereocenters. The van der Waals surface area contributed by atoms with E-state index in [1.807, 2.05) is 24.3 Å². The molecule has 0 radical (unpaired) electrons. The number of piperidine rings is 1. The van der Waals surface area contributed by atoms with Crippen LogP contribution in [0.4, 0.5) is 0 Å². The maximum Gasteiger partial charge on any atom is 0.164 e. The maximum atomic E-state index is 9.82. The van der Waals surface area contributed by atoms with Gasteiger partial charge < -0.3 is 10.4 Å². The second-order valence-electron chi connectivity index (χ2n) is 5.71. The minimum absolute atomic E-state index is 0.253. The average Bonchev–Trinajstić information content (AvgIpc) is 2.95. The van der Waals surface area contributed by atoms with Crippen LogP contribution in [0.25, 0.3) is 16.9 Å². The summed E-state index contributed by atoms with van der Waals surface area (Å²) in [5.41, 5.74) is 2.64. The van der Waals surface area contributed by atoms with Crippen molar-refractivity contribution in [2.75, 3.05) is 13.1 Å². The van der Waals surface area contributed by atoms with E-state index in [1.54, 1.807) is 18.3 Å². The molecule has 3 aromatic rings. The van der Waals surface area contributed by atoms with Crippen molar-refractivity contribution in [3.05, 3.63) is 48.4 Å². The Morgan fingerprint density at radius 2 is 2.18 bits per heavy atom. The molecule has 5 nitrogen and oxygen atoms in total. The van der Waals surface area contributed by atoms with Crippen LogP contribution in [0.1, 0.15) is 24.6 Å². The molecule has 5 heteroatoms. The van der Waals surface area contributed by atoms with E-state index in [-0.39, 0.29) is 5.75 Å². The molecule has 112 valence electrons. The lowest BCUT2D eigenvalue weighted by Crippen LogP contribution is -2.29. The lowest BCUT2D eigenvalue weighted by atomic mass is 9.99. The van der Waals surface area contributed by atoms with Crippen molar-refractivity contribution in [3.8, 4) is 11.4 Å². The highest BCUT2D eigenvalue weighted by molar-refractivity contribution is 5.74. The number of aromatic hydroxyl groups is 1. The standard InChI is InChI=1S/C17H18N4O/c22-14-6-1-5-13(10-14)21-16(12-4-2-8-18-11-12)20-15-7-3-9-19-17(15)21/h1,3,5-7,9-10,12,18,22H,2,4,8,11H2. The van der Waals surface area contributed by atoms with E-state index >= 15 is 0 Å². The monoisotopic (exact) mass is 294 g/mol. The summed E-state index contributed by atoms with van der Waals surface area (Å²) in [6.07, 6.45) is 4.06. The van der Waals surface area contributed by atoms with Gasteiger partial charge in [0.25, 0.3) is 0 Å². The van der Waals surface area contributed by atoms with Crippen LogP contribution in [0, 0.1) is 0 Å². The van der Waals surface area contributed by atoms with Gasteiger partial charge in [0.05, 0.1) is 5.69 Å². The largest absolute Gasteiger partial charge is 0.508 e. The van der Waals surface area contributed by atoms with Gasteiger partial charge in [-0.25, -0.2) is 9.97 Å². The van der Waals surface area contributed by atoms with Gasteiger partial charge in [-0.05, 0) is 43.7 Å². The molecule has 4 rings (SSSR count). The number of phenols is 1. The predicted octanol–water partition coefficient (Wildman–Crippen LogP) is 2.59. The van der Waals surface area contributed by atoms with E-state index in [4.69, 9.17) is 4.98 Å². The number of nitrogens with one attached hydrogen (secondary N) is 1. The van der Waals surface area contributed by atoms with Crippen molar-refractivity contribution >= 4 is 11.2 Å². The molecule has 2 aromatic heterocycles. The molecule has 2 N–H and O–H groups in total. The minimum atomic E-state index is 0.253. The first-order valence-corrected chi connectivity index (χ1v) is 7.66. The van der Waals surface area contributed by atoms with Crippen LogP contribution in [0.15, 0.2) is 42.6 Å². The fourth-order valence-corrected chi connectivity index (χ4v) is 3.16. The first-order valence-electron chi connectivity index (χ1n) is 7.66. The first kappa shape index (κ1) is 13.3. The summed E-state index contributed by atoms with van der Waals surface area (Å²) < 4.78 is 2.08. The highest BCUT2D eigenvalue weighted by atomic mass is 16.3. The molecular formula is C17H18N4O. The summed E-state index contributed by atoms with van der Waals surface area (Å²) in [7, 11) is 0. The SMILES string of the molecule is Oc1cccc(-n2c(C3CCCNC3)nc3cccnc32)c1. The molecule has 0 spiro atoms. The molecular weight excluding hydrogens is 276 g/mol. The molecule has 1 fully saturated rings. The summed E-state index contributed by atoms with van der Waals surface area (Å²) in [6.45, 7) is 2.00. The molecule has 1 atom stereocenters. The number of phenolic OH excluding ortho intramolecular Hbond substituents is 1. The zero-order chi connectivity index (χ0) is 14.9. The van der Waals surface area contributed by atoms with E-state index < -0.39 is 0 Å². The summed E-state index contributed by atoms with van der Waals surface area (Å²) >= 11 is 0. The number of nitrogens with zero attached hydrogens (tertiary/aromatic N) is 3. The normalized spacial score (nSPS) is 18.6. The number of pyridine rings is 1. The van der Waals surface area contributed by atoms with Crippen molar-refractivity contribution in [1.29, 1.82) is 0 Å². The third-order valence-electron chi connectivity index (χ3n) is 4.19. The minimum Gasteiger partial charge on any atom is -0.508 e. The van der Waals surface area contributed by atoms with Crippen LogP contribution in [0.5, 0.6) is 5.75 Å². The Balaban J connectivity index is 1.93. The zero-order valence-corrected chi connectivity index (χ0v) is 12.2. The Morgan fingerprint density at radius 3 is 3.00 bits per heavy atom. The molecule has 22 heavy (non-hydrogen) atoms. The molecule has 1 saturated heterocycles. The quantitative estimate of drug-likeness (QED) is 0.762. The fraction of sp³-hybridized carbons (Fsp3) is 0.294. The van der Waals surface area contributed by atoms with Gasteiger partial charge in [0.2, 0.25) is 0 Å². The zero-order valence-electron chi connectivity index (χ0n) is 12.2. The third-order valence-corrected chi connectivity index (χ3v) is 4.19. The van der Waals surface area contributed by atoms with Crippen molar-refractivity contribution in [2.45, 2.75) is 18.8 Å². The maximum absolute atomic E-state index is 9.82. The highest BCUT2D eigenvalue weighted by Gasteiger charge is 2.23. The second-order valence-corrected chi connectivity index (χ2v) is 5.71. The molecule has 0 aliphatic carbocycles. The number of fused-ring (bicyclic) bond motifs is 1. The summed E-state index contributed by atoms with van der Waals surface area (Å²) in [4.78, 5) is 9.32. The van der Waals surface area contributed by atoms with Crippen molar-refractivity contribution in [2.24, 2.45) is 0 Å². The Hall–Kier alpha value is -2.40. The smallest absolute Gasteiger partial charge is 0.164 e. The number of hydrogen-bond donors (Lipinski definition) is 2. The van der Waals surface area contributed by atoms with Crippen LogP contribution >= 0.6 is 0 Å². The molecule has 0 amide bonds. The summed E-state index contributed by atoms with van der Waals surface area (Å²) in [6, 6.07) is 11.2. The van der Waals surface area contributed by atoms with E-state index in [9.17, 15) is 5.11 Å². The first-order chi connectivity index (χ1) is 10.8. The lowest BCUT2D eigenvalue weighted by molar-refractivity contribution is 0.444. The van der Waals surface area contributed by atoms with Crippen LogP contribution in [-0.2, 0) is 0 Å². The molecule has 1 aromatic carbocycles. The molecule has 1 aliphatic heterocycles. The van der Waals surface area contributed by atoms with Crippen LogP contribution < -0.4 is 5.32 Å². The summed E-state index contributed by atoms with van der Waals surface area (Å²) in [5, 5.41) is 13.3. The molecule has 0 saturated carbocycles. The van der Waals surface area contributed by atoms with Gasteiger partial charge in [0.1, 0.15) is 17.1 Å². The van der Waals surface area contributed by atoms with E-state index in [0.29, 0.717) is 5.92 Å². The average molecular weight is 294 g/mol. The number of hydrogen-bond acceptors (Lipinski definition) is 4. The van der Waals surface area contributed by atoms with Gasteiger partial charge >= 0.3 is 0 Å². The molecule has 1 aliphatic rings. The van der Waals surface area contributed by atoms with Gasteiger partial charge in [-0.1, -0.05) is 6.07 Å². The third kappa shape index (κ3) is 2.23. The number of imidazole rings is 1. The topological polar surface area (TPSA) is 63.0 Å². The van der Waals surface area contributed by atoms with E-state index in [1.165, 1.54) is 0 Å². The Bertz CT molecular complexity index is 805. The van der Waals surface area contributed by atoms with Crippen molar-refractivity contribution in [1.82, 2.24) is 19.9 Å². The van der Waals surface area contributed by atoms with Crippen LogP contribution in [-0.4, -0.2) is 32.7 Å². The fourth-order valence-electron chi connectivity index (χ4n) is 3.16. The van der Waals surface area contributed by atoms with Gasteiger partial charge in [-0.2, -0.15) is 0 Å². The number of rotatable bonds is 2. The Morgan fingerprint density at radius 1 is 1.23 bits per heavy atom. The van der Waals surface area contributed by atoms with Crippen LogP contribution in [0.2, 0.25) is 0 Å². The van der Waals surface area contributed by atoms with Crippen LogP contribution in [0.3, 0.4) is 0 Å².